The molecule has 0 radical (unpaired) electrons. The number of benzene rings is 3. The van der Waals surface area contributed by atoms with E-state index in [1.807, 2.05) is 0 Å². The van der Waals surface area contributed by atoms with Crippen molar-refractivity contribution in [3.05, 3.63) is 99.5 Å². The fraction of sp³-hybridized carbons (Fsp3) is 0.125. The number of rotatable bonds is 8. The van der Waals surface area contributed by atoms with Crippen LogP contribution in [0, 0.1) is 5.82 Å². The lowest BCUT2D eigenvalue weighted by Gasteiger charge is -2.13. The SMILES string of the molecule is COc1ccccc1C(=O)NCc1nnc(SCc2ccc(F)cc2)n1-c1ccc(Cl)cc1Cl. The summed E-state index contributed by atoms with van der Waals surface area (Å²) in [6.07, 6.45) is 0. The van der Waals surface area contributed by atoms with Crippen LogP contribution >= 0.6 is 35.0 Å². The summed E-state index contributed by atoms with van der Waals surface area (Å²) < 4.78 is 20.3. The van der Waals surface area contributed by atoms with E-state index in [-0.39, 0.29) is 18.3 Å². The summed E-state index contributed by atoms with van der Waals surface area (Å²) in [4.78, 5) is 12.8. The molecule has 1 amide bonds. The van der Waals surface area contributed by atoms with Gasteiger partial charge in [0.15, 0.2) is 11.0 Å². The second-order valence-corrected chi connectivity index (χ2v) is 8.91. The van der Waals surface area contributed by atoms with Crippen molar-refractivity contribution in [2.75, 3.05) is 7.11 Å². The molecule has 174 valence electrons. The van der Waals surface area contributed by atoms with Gasteiger partial charge in [0.2, 0.25) is 0 Å². The van der Waals surface area contributed by atoms with E-state index in [4.69, 9.17) is 27.9 Å². The second kappa shape index (κ2) is 10.9. The van der Waals surface area contributed by atoms with Gasteiger partial charge in [0, 0.05) is 10.8 Å². The van der Waals surface area contributed by atoms with Crippen LogP contribution in [0.4, 0.5) is 4.39 Å². The number of thioether (sulfide) groups is 1. The third-order valence-electron chi connectivity index (χ3n) is 4.89. The number of carbonyl (C=O) groups excluding carboxylic acids is 1. The van der Waals surface area contributed by atoms with Gasteiger partial charge in [0.05, 0.1) is 29.9 Å². The molecule has 34 heavy (non-hydrogen) atoms. The molecule has 1 heterocycles. The Kier molecular flexibility index (Phi) is 7.72. The van der Waals surface area contributed by atoms with Crippen molar-refractivity contribution in [1.82, 2.24) is 20.1 Å². The van der Waals surface area contributed by atoms with Crippen LogP contribution in [0.25, 0.3) is 5.69 Å². The van der Waals surface area contributed by atoms with Crippen molar-refractivity contribution in [2.24, 2.45) is 0 Å². The fourth-order valence-electron chi connectivity index (χ4n) is 3.23. The molecule has 1 aromatic heterocycles. The lowest BCUT2D eigenvalue weighted by molar-refractivity contribution is 0.0946. The minimum atomic E-state index is -0.310. The molecule has 4 aromatic rings. The lowest BCUT2D eigenvalue weighted by atomic mass is 10.2. The van der Waals surface area contributed by atoms with Crippen molar-refractivity contribution >= 4 is 40.9 Å². The Balaban J connectivity index is 1.61. The second-order valence-electron chi connectivity index (χ2n) is 7.13. The number of ether oxygens (including phenoxy) is 1. The van der Waals surface area contributed by atoms with E-state index >= 15 is 0 Å². The molecule has 6 nitrogen and oxygen atoms in total. The number of nitrogens with zero attached hydrogens (tertiary/aromatic N) is 3. The molecule has 0 saturated heterocycles. The predicted molar refractivity (Wildman–Crippen MR) is 132 cm³/mol. The van der Waals surface area contributed by atoms with Crippen LogP contribution in [0.1, 0.15) is 21.7 Å². The van der Waals surface area contributed by atoms with Gasteiger partial charge in [-0.1, -0.05) is 59.2 Å². The van der Waals surface area contributed by atoms with E-state index < -0.39 is 0 Å². The Bertz CT molecular complexity index is 1310. The molecule has 0 fully saturated rings. The summed E-state index contributed by atoms with van der Waals surface area (Å²) in [5.41, 5.74) is 1.96. The number of hydrogen-bond donors (Lipinski definition) is 1. The Labute approximate surface area is 210 Å². The quantitative estimate of drug-likeness (QED) is 0.293. The van der Waals surface area contributed by atoms with Gasteiger partial charge in [-0.25, -0.2) is 4.39 Å². The van der Waals surface area contributed by atoms with E-state index in [0.717, 1.165) is 5.56 Å². The Morgan fingerprint density at radius 1 is 1.09 bits per heavy atom. The van der Waals surface area contributed by atoms with Crippen molar-refractivity contribution in [3.63, 3.8) is 0 Å². The zero-order chi connectivity index (χ0) is 24.1. The first-order valence-electron chi connectivity index (χ1n) is 10.1. The smallest absolute Gasteiger partial charge is 0.255 e. The van der Waals surface area contributed by atoms with Gasteiger partial charge in [-0.05, 0) is 48.0 Å². The molecule has 1 N–H and O–H groups in total. The molecular formula is C24H19Cl2FN4O2S. The summed E-state index contributed by atoms with van der Waals surface area (Å²) in [5, 5.41) is 12.9. The minimum Gasteiger partial charge on any atom is -0.496 e. The molecule has 0 saturated carbocycles. The fourth-order valence-corrected chi connectivity index (χ4v) is 4.64. The summed E-state index contributed by atoms with van der Waals surface area (Å²) in [5.74, 6) is 0.886. The van der Waals surface area contributed by atoms with Crippen molar-refractivity contribution in [1.29, 1.82) is 0 Å². The number of para-hydroxylation sites is 1. The van der Waals surface area contributed by atoms with Gasteiger partial charge in [-0.15, -0.1) is 10.2 Å². The normalized spacial score (nSPS) is 10.8. The van der Waals surface area contributed by atoms with Crippen molar-refractivity contribution in [3.8, 4) is 11.4 Å². The highest BCUT2D eigenvalue weighted by molar-refractivity contribution is 7.98. The molecule has 0 aliphatic heterocycles. The Morgan fingerprint density at radius 3 is 2.59 bits per heavy atom. The topological polar surface area (TPSA) is 69.0 Å². The van der Waals surface area contributed by atoms with Gasteiger partial charge >= 0.3 is 0 Å². The van der Waals surface area contributed by atoms with Crippen LogP contribution in [-0.2, 0) is 12.3 Å². The molecule has 0 aliphatic carbocycles. The first-order valence-corrected chi connectivity index (χ1v) is 11.9. The van der Waals surface area contributed by atoms with E-state index in [2.05, 4.69) is 15.5 Å². The summed E-state index contributed by atoms with van der Waals surface area (Å²) in [7, 11) is 1.51. The maximum absolute atomic E-state index is 13.2. The lowest BCUT2D eigenvalue weighted by Crippen LogP contribution is -2.25. The summed E-state index contributed by atoms with van der Waals surface area (Å²) >= 11 is 14.0. The van der Waals surface area contributed by atoms with Crippen molar-refractivity contribution < 1.29 is 13.9 Å². The number of carbonyl (C=O) groups is 1. The average Bonchev–Trinajstić information content (AvgIpc) is 3.24. The molecule has 10 heteroatoms. The molecule has 0 bridgehead atoms. The summed E-state index contributed by atoms with van der Waals surface area (Å²) in [6.45, 7) is 0.0972. The average molecular weight is 517 g/mol. The molecule has 3 aromatic carbocycles. The maximum atomic E-state index is 13.2. The summed E-state index contributed by atoms with van der Waals surface area (Å²) in [6, 6.07) is 18.3. The van der Waals surface area contributed by atoms with Gasteiger partial charge in [-0.2, -0.15) is 0 Å². The number of aromatic nitrogens is 3. The van der Waals surface area contributed by atoms with E-state index in [1.54, 1.807) is 59.2 Å². The third kappa shape index (κ3) is 5.52. The number of hydrogen-bond acceptors (Lipinski definition) is 5. The molecule has 4 rings (SSSR count). The highest BCUT2D eigenvalue weighted by atomic mass is 35.5. The number of methoxy groups -OCH3 is 1. The largest absolute Gasteiger partial charge is 0.496 e. The predicted octanol–water partition coefficient (Wildman–Crippen LogP) is 5.94. The zero-order valence-corrected chi connectivity index (χ0v) is 20.3. The number of amides is 1. The Hall–Kier alpha value is -3.07. The van der Waals surface area contributed by atoms with Crippen LogP contribution in [0.5, 0.6) is 5.75 Å². The van der Waals surface area contributed by atoms with Gasteiger partial charge in [0.1, 0.15) is 11.6 Å². The molecule has 0 aliphatic rings. The van der Waals surface area contributed by atoms with Gasteiger partial charge < -0.3 is 10.1 Å². The van der Waals surface area contributed by atoms with Crippen molar-refractivity contribution in [2.45, 2.75) is 17.5 Å². The molecule has 0 spiro atoms. The van der Waals surface area contributed by atoms with Crippen LogP contribution in [0.2, 0.25) is 10.0 Å². The van der Waals surface area contributed by atoms with Crippen LogP contribution in [0.15, 0.2) is 71.9 Å². The van der Waals surface area contributed by atoms with Crippen LogP contribution in [0.3, 0.4) is 0 Å². The van der Waals surface area contributed by atoms with E-state index in [1.165, 1.54) is 31.0 Å². The molecular weight excluding hydrogens is 498 g/mol. The minimum absolute atomic E-state index is 0.0972. The third-order valence-corrected chi connectivity index (χ3v) is 6.43. The zero-order valence-electron chi connectivity index (χ0n) is 18.0. The van der Waals surface area contributed by atoms with Gasteiger partial charge in [-0.3, -0.25) is 9.36 Å². The van der Waals surface area contributed by atoms with E-state index in [0.29, 0.717) is 43.8 Å². The Morgan fingerprint density at radius 2 is 1.85 bits per heavy atom. The van der Waals surface area contributed by atoms with Crippen LogP contribution in [-0.4, -0.2) is 27.8 Å². The number of nitrogens with one attached hydrogen (secondary N) is 1. The highest BCUT2D eigenvalue weighted by Crippen LogP contribution is 2.31. The highest BCUT2D eigenvalue weighted by Gasteiger charge is 2.19. The monoisotopic (exact) mass is 516 g/mol. The molecule has 0 atom stereocenters. The van der Waals surface area contributed by atoms with E-state index in [9.17, 15) is 9.18 Å². The van der Waals surface area contributed by atoms with Gasteiger partial charge in [0.25, 0.3) is 5.91 Å². The van der Waals surface area contributed by atoms with Crippen LogP contribution < -0.4 is 10.1 Å². The number of halogens is 3. The molecule has 0 unspecified atom stereocenters. The standard InChI is InChI=1S/C24H19Cl2FN4O2S/c1-33-21-5-3-2-4-18(21)23(32)28-13-22-29-30-24(34-14-15-6-9-17(27)10-7-15)31(22)20-11-8-16(25)12-19(20)26/h2-12H,13-14H2,1H3,(H,28,32). The first kappa shape index (κ1) is 24.1. The maximum Gasteiger partial charge on any atom is 0.255 e. The first-order chi connectivity index (χ1) is 16.5.